The van der Waals surface area contributed by atoms with Crippen LogP contribution in [0, 0.1) is 0 Å². The van der Waals surface area contributed by atoms with Crippen molar-refractivity contribution >= 4 is 7.82 Å². The number of phosphoric acid groups is 1. The standard InChI is InChI=1S/C3H9O6P.Na.H/c1-2(4)3(5)9-10(6,7)8;;/h2-5H,1H3,(H2,6,7,8);;/q;+1;-1. The summed E-state index contributed by atoms with van der Waals surface area (Å²) < 4.78 is 13.6. The Morgan fingerprint density at radius 2 is 1.82 bits per heavy atom. The molecule has 11 heavy (non-hydrogen) atoms. The van der Waals surface area contributed by atoms with Crippen molar-refractivity contribution < 1.29 is 60.1 Å². The summed E-state index contributed by atoms with van der Waals surface area (Å²) in [5, 5.41) is 17.0. The molecule has 0 aliphatic carbocycles. The molecule has 0 saturated carbocycles. The predicted molar refractivity (Wildman–Crippen MR) is 31.9 cm³/mol. The van der Waals surface area contributed by atoms with Crippen molar-refractivity contribution in [1.29, 1.82) is 0 Å². The van der Waals surface area contributed by atoms with Gasteiger partial charge in [-0.3, -0.25) is 4.52 Å². The Bertz CT molecular complexity index is 148. The van der Waals surface area contributed by atoms with Gasteiger partial charge in [-0.2, -0.15) is 0 Å². The third-order valence-corrected chi connectivity index (χ3v) is 1.15. The molecule has 0 aromatic heterocycles. The van der Waals surface area contributed by atoms with Crippen LogP contribution >= 0.6 is 7.82 Å². The maximum atomic E-state index is 9.95. The van der Waals surface area contributed by atoms with Crippen LogP contribution in [0.15, 0.2) is 0 Å². The van der Waals surface area contributed by atoms with Crippen LogP contribution in [-0.4, -0.2) is 32.4 Å². The van der Waals surface area contributed by atoms with E-state index in [9.17, 15) is 4.57 Å². The average Bonchev–Trinajstić information content (AvgIpc) is 1.60. The summed E-state index contributed by atoms with van der Waals surface area (Å²) >= 11 is 0. The average molecular weight is 196 g/mol. The predicted octanol–water partition coefficient (Wildman–Crippen LogP) is -4.09. The Morgan fingerprint density at radius 3 is 1.91 bits per heavy atom. The van der Waals surface area contributed by atoms with Crippen molar-refractivity contribution in [2.45, 2.75) is 19.3 Å². The van der Waals surface area contributed by atoms with Crippen molar-refractivity contribution in [2.24, 2.45) is 0 Å². The Kier molecular flexibility index (Phi) is 7.46. The summed E-state index contributed by atoms with van der Waals surface area (Å²) in [6.45, 7) is 1.14. The van der Waals surface area contributed by atoms with E-state index in [1.165, 1.54) is 0 Å². The number of hydrogen-bond donors (Lipinski definition) is 4. The van der Waals surface area contributed by atoms with Crippen LogP contribution in [-0.2, 0) is 9.09 Å². The molecule has 0 heterocycles. The molecular formula is C3H10NaO6P. The molecule has 4 N–H and O–H groups in total. The summed E-state index contributed by atoms with van der Waals surface area (Å²) in [5.41, 5.74) is 0. The van der Waals surface area contributed by atoms with Gasteiger partial charge in [-0.05, 0) is 6.92 Å². The first-order valence-electron chi connectivity index (χ1n) is 2.43. The van der Waals surface area contributed by atoms with Crippen LogP contribution in [0.4, 0.5) is 0 Å². The number of hydrogen-bond acceptors (Lipinski definition) is 4. The molecule has 0 aliphatic heterocycles. The fourth-order valence-electron chi connectivity index (χ4n) is 0.229. The SMILES string of the molecule is CC(O)C(O)OP(=O)(O)O.[H-].[Na+]. The van der Waals surface area contributed by atoms with Crippen molar-refractivity contribution in [3.63, 3.8) is 0 Å². The molecular weight excluding hydrogens is 186 g/mol. The maximum Gasteiger partial charge on any atom is 1.00 e. The summed E-state index contributed by atoms with van der Waals surface area (Å²) in [5.74, 6) is 0. The summed E-state index contributed by atoms with van der Waals surface area (Å²) in [4.78, 5) is 16.1. The van der Waals surface area contributed by atoms with E-state index in [1.54, 1.807) is 0 Å². The Hall–Kier alpha value is 1.03. The fraction of sp³-hybridized carbons (Fsp3) is 1.00. The molecule has 0 saturated heterocycles. The minimum absolute atomic E-state index is 0. The van der Waals surface area contributed by atoms with E-state index in [1.807, 2.05) is 0 Å². The van der Waals surface area contributed by atoms with E-state index in [4.69, 9.17) is 20.0 Å². The van der Waals surface area contributed by atoms with Crippen LogP contribution in [0.25, 0.3) is 0 Å². The molecule has 0 fully saturated rings. The number of phosphoric ester groups is 1. The molecule has 0 aromatic rings. The minimum atomic E-state index is -4.69. The molecule has 0 radical (unpaired) electrons. The van der Waals surface area contributed by atoms with Crippen LogP contribution in [0.5, 0.6) is 0 Å². The van der Waals surface area contributed by atoms with E-state index in [0.717, 1.165) is 6.92 Å². The molecule has 2 atom stereocenters. The van der Waals surface area contributed by atoms with Gasteiger partial charge in [0.15, 0.2) is 6.29 Å². The van der Waals surface area contributed by atoms with Gasteiger partial charge in [0.2, 0.25) is 0 Å². The summed E-state index contributed by atoms with van der Waals surface area (Å²) in [6.07, 6.45) is -3.17. The van der Waals surface area contributed by atoms with E-state index < -0.39 is 20.2 Å². The first-order chi connectivity index (χ1) is 4.33. The summed E-state index contributed by atoms with van der Waals surface area (Å²) in [7, 11) is -4.69. The van der Waals surface area contributed by atoms with Gasteiger partial charge >= 0.3 is 37.4 Å². The quantitative estimate of drug-likeness (QED) is 0.208. The van der Waals surface area contributed by atoms with E-state index in [2.05, 4.69) is 4.52 Å². The van der Waals surface area contributed by atoms with Gasteiger partial charge < -0.3 is 21.4 Å². The smallest absolute Gasteiger partial charge is 1.00 e. The first kappa shape index (κ1) is 14.5. The van der Waals surface area contributed by atoms with E-state index >= 15 is 0 Å². The van der Waals surface area contributed by atoms with Crippen molar-refractivity contribution in [3.05, 3.63) is 0 Å². The van der Waals surface area contributed by atoms with Gasteiger partial charge in [0.05, 0.1) is 0 Å². The topological polar surface area (TPSA) is 107 Å². The first-order valence-corrected chi connectivity index (χ1v) is 3.96. The van der Waals surface area contributed by atoms with Gasteiger partial charge in [-0.25, -0.2) is 4.57 Å². The van der Waals surface area contributed by atoms with E-state index in [-0.39, 0.29) is 31.0 Å². The van der Waals surface area contributed by atoms with Gasteiger partial charge in [0.1, 0.15) is 6.10 Å². The number of rotatable bonds is 3. The zero-order valence-electron chi connectivity index (χ0n) is 7.21. The molecule has 0 spiro atoms. The fourth-order valence-corrected chi connectivity index (χ4v) is 0.686. The molecule has 0 amide bonds. The molecule has 0 bridgehead atoms. The zero-order valence-corrected chi connectivity index (χ0v) is 9.10. The van der Waals surface area contributed by atoms with Crippen LogP contribution < -0.4 is 29.6 Å². The number of aliphatic hydroxyl groups is 2. The molecule has 0 rings (SSSR count). The van der Waals surface area contributed by atoms with E-state index in [0.29, 0.717) is 0 Å². The molecule has 8 heteroatoms. The monoisotopic (exact) mass is 196 g/mol. The second-order valence-corrected chi connectivity index (χ2v) is 2.92. The Morgan fingerprint density at radius 1 is 1.45 bits per heavy atom. The molecule has 64 valence electrons. The van der Waals surface area contributed by atoms with Crippen LogP contribution in [0.2, 0.25) is 0 Å². The minimum Gasteiger partial charge on any atom is -1.00 e. The van der Waals surface area contributed by atoms with Crippen LogP contribution in [0.3, 0.4) is 0 Å². The molecule has 6 nitrogen and oxygen atoms in total. The van der Waals surface area contributed by atoms with Gasteiger partial charge in [-0.15, -0.1) is 0 Å². The molecule has 0 aromatic carbocycles. The molecule has 2 unspecified atom stereocenters. The normalized spacial score (nSPS) is 16.8. The second kappa shape index (κ2) is 5.64. The van der Waals surface area contributed by atoms with Gasteiger partial charge in [0, 0.05) is 0 Å². The largest absolute Gasteiger partial charge is 1.00 e. The third-order valence-electron chi connectivity index (χ3n) is 0.658. The zero-order chi connectivity index (χ0) is 8.36. The van der Waals surface area contributed by atoms with Gasteiger partial charge in [0.25, 0.3) is 0 Å². The molecule has 0 aliphatic rings. The second-order valence-electron chi connectivity index (χ2n) is 1.73. The van der Waals surface area contributed by atoms with Crippen molar-refractivity contribution in [1.82, 2.24) is 0 Å². The number of aliphatic hydroxyl groups excluding tert-OH is 2. The third kappa shape index (κ3) is 8.94. The summed E-state index contributed by atoms with van der Waals surface area (Å²) in [6, 6.07) is 0. The maximum absolute atomic E-state index is 9.95. The Labute approximate surface area is 87.2 Å². The van der Waals surface area contributed by atoms with Crippen molar-refractivity contribution in [3.8, 4) is 0 Å². The Balaban J connectivity index is -0.000000405. The van der Waals surface area contributed by atoms with Crippen molar-refractivity contribution in [2.75, 3.05) is 0 Å². The van der Waals surface area contributed by atoms with Gasteiger partial charge in [-0.1, -0.05) is 0 Å². The van der Waals surface area contributed by atoms with Crippen LogP contribution in [0.1, 0.15) is 8.35 Å².